The van der Waals surface area contributed by atoms with Crippen LogP contribution in [-0.4, -0.2) is 47.8 Å². The van der Waals surface area contributed by atoms with Crippen molar-refractivity contribution in [3.63, 3.8) is 0 Å². The summed E-state index contributed by atoms with van der Waals surface area (Å²) in [6, 6.07) is 1.71. The highest BCUT2D eigenvalue weighted by Gasteiger charge is 2.32. The van der Waals surface area contributed by atoms with Crippen molar-refractivity contribution in [1.29, 1.82) is 0 Å². The van der Waals surface area contributed by atoms with Crippen LogP contribution in [0.15, 0.2) is 12.1 Å². The average Bonchev–Trinajstić information content (AvgIpc) is 2.95. The first-order valence-electron chi connectivity index (χ1n) is 9.20. The van der Waals surface area contributed by atoms with Crippen LogP contribution in [0.1, 0.15) is 48.9 Å². The molecular formula is C19H23F3N2O2. The molecule has 2 saturated heterocycles. The Labute approximate surface area is 151 Å². The van der Waals surface area contributed by atoms with Gasteiger partial charge in [0.15, 0.2) is 17.5 Å². The fourth-order valence-corrected chi connectivity index (χ4v) is 3.74. The van der Waals surface area contributed by atoms with Gasteiger partial charge in [-0.15, -0.1) is 0 Å². The topological polar surface area (TPSA) is 40.6 Å². The van der Waals surface area contributed by atoms with E-state index >= 15 is 0 Å². The molecule has 0 saturated carbocycles. The monoisotopic (exact) mass is 368 g/mol. The van der Waals surface area contributed by atoms with Gasteiger partial charge in [-0.05, 0) is 37.8 Å². The van der Waals surface area contributed by atoms with Crippen molar-refractivity contribution in [2.75, 3.05) is 26.2 Å². The maximum atomic E-state index is 13.8. The predicted molar refractivity (Wildman–Crippen MR) is 90.0 cm³/mol. The smallest absolute Gasteiger partial charge is 0.256 e. The van der Waals surface area contributed by atoms with Crippen molar-refractivity contribution in [3.8, 4) is 0 Å². The maximum Gasteiger partial charge on any atom is 0.256 e. The molecule has 7 heteroatoms. The molecule has 2 amide bonds. The second kappa shape index (κ2) is 8.10. The van der Waals surface area contributed by atoms with Crippen molar-refractivity contribution in [2.45, 2.75) is 38.5 Å². The molecule has 0 radical (unpaired) electrons. The number of amides is 2. The lowest BCUT2D eigenvalue weighted by atomic mass is 9.94. The number of halogens is 3. The Morgan fingerprint density at radius 2 is 1.42 bits per heavy atom. The summed E-state index contributed by atoms with van der Waals surface area (Å²) >= 11 is 0. The van der Waals surface area contributed by atoms with Gasteiger partial charge < -0.3 is 9.80 Å². The van der Waals surface area contributed by atoms with Crippen LogP contribution >= 0.6 is 0 Å². The van der Waals surface area contributed by atoms with Crippen LogP contribution in [0.25, 0.3) is 0 Å². The quantitative estimate of drug-likeness (QED) is 0.751. The van der Waals surface area contributed by atoms with Crippen LogP contribution in [0, 0.1) is 23.4 Å². The number of piperidine rings is 1. The molecule has 2 fully saturated rings. The summed E-state index contributed by atoms with van der Waals surface area (Å²) in [7, 11) is 0. The van der Waals surface area contributed by atoms with Crippen LogP contribution in [0.4, 0.5) is 13.2 Å². The number of carbonyl (C=O) groups excluding carboxylic acids is 2. The highest BCUT2D eigenvalue weighted by molar-refractivity contribution is 5.94. The Kier molecular flexibility index (Phi) is 5.84. The third-order valence-corrected chi connectivity index (χ3v) is 5.31. The molecule has 0 unspecified atom stereocenters. The standard InChI is InChI=1S/C19H23F3N2O2/c20-15-6-5-14(16(21)17(15)22)19(26)24-11-7-13(8-12-24)18(25)23-9-3-1-2-4-10-23/h5-6,13H,1-4,7-12H2. The summed E-state index contributed by atoms with van der Waals surface area (Å²) in [5, 5.41) is 0. The molecular weight excluding hydrogens is 345 g/mol. The van der Waals surface area contributed by atoms with E-state index in [9.17, 15) is 22.8 Å². The predicted octanol–water partition coefficient (Wildman–Crippen LogP) is 3.36. The van der Waals surface area contributed by atoms with Crippen molar-refractivity contribution < 1.29 is 22.8 Å². The van der Waals surface area contributed by atoms with Gasteiger partial charge in [0.1, 0.15) is 0 Å². The first-order chi connectivity index (χ1) is 12.5. The minimum atomic E-state index is -1.64. The number of hydrogen-bond donors (Lipinski definition) is 0. The number of carbonyl (C=O) groups is 2. The lowest BCUT2D eigenvalue weighted by molar-refractivity contribution is -0.136. The van der Waals surface area contributed by atoms with Crippen molar-refractivity contribution in [2.24, 2.45) is 5.92 Å². The number of nitrogens with zero attached hydrogens (tertiary/aromatic N) is 2. The Morgan fingerprint density at radius 3 is 2.04 bits per heavy atom. The Morgan fingerprint density at radius 1 is 0.808 bits per heavy atom. The number of rotatable bonds is 2. The van der Waals surface area contributed by atoms with E-state index in [1.807, 2.05) is 4.90 Å². The zero-order valence-electron chi connectivity index (χ0n) is 14.6. The molecule has 0 N–H and O–H groups in total. The minimum Gasteiger partial charge on any atom is -0.342 e. The molecule has 26 heavy (non-hydrogen) atoms. The lowest BCUT2D eigenvalue weighted by Gasteiger charge is -2.34. The average molecular weight is 368 g/mol. The number of likely N-dealkylation sites (tertiary alicyclic amines) is 2. The summed E-state index contributed by atoms with van der Waals surface area (Å²) in [4.78, 5) is 28.4. The fraction of sp³-hybridized carbons (Fsp3) is 0.579. The Balaban J connectivity index is 1.60. The van der Waals surface area contributed by atoms with Gasteiger partial charge in [-0.3, -0.25) is 9.59 Å². The van der Waals surface area contributed by atoms with E-state index in [1.165, 1.54) is 4.90 Å². The number of benzene rings is 1. The van der Waals surface area contributed by atoms with Crippen LogP contribution in [0.3, 0.4) is 0 Å². The van der Waals surface area contributed by atoms with Crippen LogP contribution in [0.5, 0.6) is 0 Å². The zero-order chi connectivity index (χ0) is 18.7. The van der Waals surface area contributed by atoms with Gasteiger partial charge in [-0.1, -0.05) is 12.8 Å². The summed E-state index contributed by atoms with van der Waals surface area (Å²) < 4.78 is 40.2. The summed E-state index contributed by atoms with van der Waals surface area (Å²) in [6.45, 7) is 2.19. The van der Waals surface area contributed by atoms with Gasteiger partial charge in [-0.25, -0.2) is 13.2 Å². The largest absolute Gasteiger partial charge is 0.342 e. The minimum absolute atomic E-state index is 0.132. The zero-order valence-corrected chi connectivity index (χ0v) is 14.6. The van der Waals surface area contributed by atoms with Gasteiger partial charge in [0.2, 0.25) is 5.91 Å². The van der Waals surface area contributed by atoms with Crippen LogP contribution in [-0.2, 0) is 4.79 Å². The van der Waals surface area contributed by atoms with E-state index in [4.69, 9.17) is 0 Å². The third kappa shape index (κ3) is 3.86. The first-order valence-corrected chi connectivity index (χ1v) is 9.20. The Hall–Kier alpha value is -2.05. The van der Waals surface area contributed by atoms with E-state index in [2.05, 4.69) is 0 Å². The van der Waals surface area contributed by atoms with Crippen molar-refractivity contribution in [1.82, 2.24) is 9.80 Å². The van der Waals surface area contributed by atoms with E-state index in [0.717, 1.165) is 50.9 Å². The van der Waals surface area contributed by atoms with E-state index in [0.29, 0.717) is 25.9 Å². The molecule has 2 heterocycles. The lowest BCUT2D eigenvalue weighted by Crippen LogP contribution is -2.44. The number of hydrogen-bond acceptors (Lipinski definition) is 2. The molecule has 3 rings (SSSR count). The second-order valence-electron chi connectivity index (χ2n) is 7.03. The molecule has 0 bridgehead atoms. The molecule has 0 aliphatic carbocycles. The molecule has 4 nitrogen and oxygen atoms in total. The van der Waals surface area contributed by atoms with Crippen LogP contribution in [0.2, 0.25) is 0 Å². The Bertz CT molecular complexity index is 680. The molecule has 0 spiro atoms. The first kappa shape index (κ1) is 18.7. The van der Waals surface area contributed by atoms with Gasteiger partial charge in [0, 0.05) is 32.1 Å². The molecule has 0 aromatic heterocycles. The molecule has 0 atom stereocenters. The normalized spacial score (nSPS) is 19.3. The van der Waals surface area contributed by atoms with Gasteiger partial charge in [-0.2, -0.15) is 0 Å². The van der Waals surface area contributed by atoms with Gasteiger partial charge in [0.05, 0.1) is 5.56 Å². The maximum absolute atomic E-state index is 13.8. The highest BCUT2D eigenvalue weighted by atomic mass is 19.2. The van der Waals surface area contributed by atoms with E-state index in [-0.39, 0.29) is 11.8 Å². The van der Waals surface area contributed by atoms with E-state index in [1.54, 1.807) is 0 Å². The molecule has 2 aliphatic heterocycles. The molecule has 142 valence electrons. The van der Waals surface area contributed by atoms with Gasteiger partial charge >= 0.3 is 0 Å². The summed E-state index contributed by atoms with van der Waals surface area (Å²) in [5.74, 6) is -5.08. The highest BCUT2D eigenvalue weighted by Crippen LogP contribution is 2.24. The molecule has 1 aromatic carbocycles. The van der Waals surface area contributed by atoms with E-state index < -0.39 is 28.9 Å². The fourth-order valence-electron chi connectivity index (χ4n) is 3.74. The van der Waals surface area contributed by atoms with Crippen molar-refractivity contribution in [3.05, 3.63) is 35.1 Å². The molecule has 2 aliphatic rings. The van der Waals surface area contributed by atoms with Gasteiger partial charge in [0.25, 0.3) is 5.91 Å². The van der Waals surface area contributed by atoms with Crippen molar-refractivity contribution >= 4 is 11.8 Å². The second-order valence-corrected chi connectivity index (χ2v) is 7.03. The summed E-state index contributed by atoms with van der Waals surface area (Å²) in [6.07, 6.45) is 5.36. The SMILES string of the molecule is O=C(c1ccc(F)c(F)c1F)N1CCC(C(=O)N2CCCCCC2)CC1. The molecule has 1 aromatic rings. The van der Waals surface area contributed by atoms with Crippen LogP contribution < -0.4 is 0 Å². The third-order valence-electron chi connectivity index (χ3n) is 5.31. The summed E-state index contributed by atoms with van der Waals surface area (Å²) in [5.41, 5.74) is -0.471.